The number of likely N-dealkylation sites (tertiary alicyclic amines) is 1. The van der Waals surface area contributed by atoms with Crippen molar-refractivity contribution in [3.8, 4) is 5.75 Å². The Kier molecular flexibility index (Phi) is 8.88. The molecule has 2 fully saturated rings. The largest absolute Gasteiger partial charge is 0.473 e. The minimum absolute atomic E-state index is 0.00904. The van der Waals surface area contributed by atoms with Crippen LogP contribution < -0.4 is 4.74 Å². The van der Waals surface area contributed by atoms with Gasteiger partial charge >= 0.3 is 12.1 Å². The van der Waals surface area contributed by atoms with E-state index in [1.807, 2.05) is 0 Å². The van der Waals surface area contributed by atoms with Crippen LogP contribution in [0.3, 0.4) is 0 Å². The van der Waals surface area contributed by atoms with E-state index >= 15 is 0 Å². The highest BCUT2D eigenvalue weighted by molar-refractivity contribution is 5.83. The van der Waals surface area contributed by atoms with E-state index in [1.54, 1.807) is 4.90 Å². The average molecular weight is 587 g/mol. The van der Waals surface area contributed by atoms with Crippen molar-refractivity contribution in [2.45, 2.75) is 83.5 Å². The third kappa shape index (κ3) is 6.31. The maximum Gasteiger partial charge on any atom is 0.416 e. The number of hydrogen-bond acceptors (Lipinski definition) is 5. The number of carbonyl (C=O) groups is 2. The Hall–Kier alpha value is -3.07. The first-order chi connectivity index (χ1) is 20.0. The fourth-order valence-electron chi connectivity index (χ4n) is 7.09. The van der Waals surface area contributed by atoms with E-state index < -0.39 is 17.2 Å². The average Bonchev–Trinajstić information content (AvgIpc) is 3.46. The van der Waals surface area contributed by atoms with E-state index in [0.717, 1.165) is 62.9 Å². The predicted octanol–water partition coefficient (Wildman–Crippen LogP) is 6.56. The van der Waals surface area contributed by atoms with Gasteiger partial charge in [-0.3, -0.25) is 9.59 Å². The SMILES string of the molecule is COC(=O)CCc1ccc(C2CCN([C@@H]3CC[C@@](C(=O)N4COc5ccc(C(F)(F)F)cc5C4)(C(C)C)C3)CC2)cc1. The molecule has 2 atom stereocenters. The molecule has 2 aromatic rings. The molecule has 2 heterocycles. The molecule has 1 amide bonds. The maximum absolute atomic E-state index is 14.0. The Morgan fingerprint density at radius 1 is 1.07 bits per heavy atom. The fraction of sp³-hybridized carbons (Fsp3) is 0.576. The minimum Gasteiger partial charge on any atom is -0.473 e. The molecular formula is C33H41F3N2O4. The Morgan fingerprint density at radius 3 is 2.43 bits per heavy atom. The number of nitrogens with zero attached hydrogens (tertiary/aromatic N) is 2. The smallest absolute Gasteiger partial charge is 0.416 e. The molecule has 228 valence electrons. The standard InChI is InChI=1S/C33H41F3N2O4/c1-22(2)32(31(40)38-20-26-18-27(33(34,35)36)9-10-29(26)42-21-38)15-12-28(19-32)37-16-13-25(14-17-37)24-7-4-23(5-8-24)6-11-30(39)41-3/h4-5,7-10,18,22,25,28H,6,11-17,19-21H2,1-3H3/t28-,32+/m1/s1. The molecule has 6 nitrogen and oxygen atoms in total. The van der Waals surface area contributed by atoms with E-state index in [0.29, 0.717) is 36.1 Å². The van der Waals surface area contributed by atoms with E-state index in [2.05, 4.69) is 43.0 Å². The number of fused-ring (bicyclic) bond motifs is 1. The van der Waals surface area contributed by atoms with Crippen LogP contribution in [0.4, 0.5) is 13.2 Å². The number of piperidine rings is 1. The van der Waals surface area contributed by atoms with Gasteiger partial charge in [0.1, 0.15) is 5.75 Å². The van der Waals surface area contributed by atoms with Gasteiger partial charge in [0, 0.05) is 18.0 Å². The molecule has 1 saturated heterocycles. The number of alkyl halides is 3. The van der Waals surface area contributed by atoms with Crippen LogP contribution in [0.25, 0.3) is 0 Å². The topological polar surface area (TPSA) is 59.1 Å². The minimum atomic E-state index is -4.44. The lowest BCUT2D eigenvalue weighted by atomic mass is 9.74. The van der Waals surface area contributed by atoms with Gasteiger partial charge in [0.25, 0.3) is 0 Å². The summed E-state index contributed by atoms with van der Waals surface area (Å²) < 4.78 is 50.4. The van der Waals surface area contributed by atoms with Crippen molar-refractivity contribution >= 4 is 11.9 Å². The lowest BCUT2D eigenvalue weighted by Gasteiger charge is -2.41. The third-order valence-corrected chi connectivity index (χ3v) is 9.81. The van der Waals surface area contributed by atoms with Crippen molar-refractivity contribution < 1.29 is 32.2 Å². The zero-order chi connectivity index (χ0) is 30.1. The molecule has 0 aromatic heterocycles. The highest BCUT2D eigenvalue weighted by Gasteiger charge is 2.51. The lowest BCUT2D eigenvalue weighted by molar-refractivity contribution is -0.150. The van der Waals surface area contributed by atoms with E-state index in [-0.39, 0.29) is 31.1 Å². The first-order valence-electron chi connectivity index (χ1n) is 15.0. The molecule has 0 bridgehead atoms. The van der Waals surface area contributed by atoms with Crippen LogP contribution in [-0.4, -0.2) is 54.6 Å². The predicted molar refractivity (Wildman–Crippen MR) is 153 cm³/mol. The zero-order valence-electron chi connectivity index (χ0n) is 24.7. The third-order valence-electron chi connectivity index (χ3n) is 9.81. The van der Waals surface area contributed by atoms with Crippen molar-refractivity contribution in [2.75, 3.05) is 26.9 Å². The molecule has 2 aliphatic heterocycles. The van der Waals surface area contributed by atoms with E-state index in [4.69, 9.17) is 9.47 Å². The number of aryl methyl sites for hydroxylation is 1. The number of carbonyl (C=O) groups excluding carboxylic acids is 2. The van der Waals surface area contributed by atoms with Crippen LogP contribution >= 0.6 is 0 Å². The molecule has 1 aliphatic carbocycles. The lowest BCUT2D eigenvalue weighted by Crippen LogP contribution is -2.49. The summed E-state index contributed by atoms with van der Waals surface area (Å²) in [4.78, 5) is 29.6. The molecule has 2 aromatic carbocycles. The van der Waals surface area contributed by atoms with Crippen LogP contribution in [-0.2, 0) is 33.5 Å². The van der Waals surface area contributed by atoms with Gasteiger partial charge in [-0.1, -0.05) is 38.1 Å². The van der Waals surface area contributed by atoms with Crippen molar-refractivity contribution in [1.82, 2.24) is 9.80 Å². The van der Waals surface area contributed by atoms with Gasteiger partial charge in [0.2, 0.25) is 5.91 Å². The Balaban J connectivity index is 1.19. The van der Waals surface area contributed by atoms with Crippen molar-refractivity contribution in [1.29, 1.82) is 0 Å². The highest BCUT2D eigenvalue weighted by Crippen LogP contribution is 2.49. The second-order valence-electron chi connectivity index (χ2n) is 12.4. The van der Waals surface area contributed by atoms with E-state index in [9.17, 15) is 22.8 Å². The number of halogens is 3. The molecular weight excluding hydrogens is 545 g/mol. The summed E-state index contributed by atoms with van der Waals surface area (Å²) >= 11 is 0. The van der Waals surface area contributed by atoms with Crippen LogP contribution in [0.15, 0.2) is 42.5 Å². The van der Waals surface area contributed by atoms with Crippen molar-refractivity contribution in [3.05, 3.63) is 64.7 Å². The summed E-state index contributed by atoms with van der Waals surface area (Å²) in [7, 11) is 1.41. The first kappa shape index (κ1) is 30.4. The van der Waals surface area contributed by atoms with Gasteiger partial charge in [0.05, 0.1) is 24.6 Å². The number of amides is 1. The summed E-state index contributed by atoms with van der Waals surface area (Å²) in [6.45, 7) is 6.31. The van der Waals surface area contributed by atoms with Gasteiger partial charge in [-0.05, 0) is 92.8 Å². The molecule has 3 aliphatic rings. The molecule has 9 heteroatoms. The van der Waals surface area contributed by atoms with Crippen molar-refractivity contribution in [2.24, 2.45) is 11.3 Å². The van der Waals surface area contributed by atoms with Crippen LogP contribution in [0.2, 0.25) is 0 Å². The molecule has 1 saturated carbocycles. The number of rotatable bonds is 7. The quantitative estimate of drug-likeness (QED) is 0.344. The molecule has 42 heavy (non-hydrogen) atoms. The van der Waals surface area contributed by atoms with Gasteiger partial charge in [-0.15, -0.1) is 0 Å². The second-order valence-corrected chi connectivity index (χ2v) is 12.4. The Morgan fingerprint density at radius 2 is 1.79 bits per heavy atom. The summed E-state index contributed by atoms with van der Waals surface area (Å²) in [5.41, 5.74) is 1.58. The van der Waals surface area contributed by atoms with Crippen molar-refractivity contribution in [3.63, 3.8) is 0 Å². The van der Waals surface area contributed by atoms with Crippen LogP contribution in [0, 0.1) is 11.3 Å². The molecule has 0 N–H and O–H groups in total. The Labute approximate surface area is 246 Å². The number of ether oxygens (including phenoxy) is 2. The Bertz CT molecular complexity index is 1270. The molecule has 0 unspecified atom stereocenters. The summed E-state index contributed by atoms with van der Waals surface area (Å²) in [6, 6.07) is 12.4. The van der Waals surface area contributed by atoms with Crippen LogP contribution in [0.5, 0.6) is 5.75 Å². The maximum atomic E-state index is 14.0. The normalized spacial score (nSPS) is 23.5. The second kappa shape index (κ2) is 12.3. The number of methoxy groups -OCH3 is 1. The number of benzene rings is 2. The zero-order valence-corrected chi connectivity index (χ0v) is 24.7. The summed E-state index contributed by atoms with van der Waals surface area (Å²) in [5.74, 6) is 0.795. The summed E-state index contributed by atoms with van der Waals surface area (Å²) in [6.07, 6.45) is 1.19. The molecule has 5 rings (SSSR count). The van der Waals surface area contributed by atoms with E-state index in [1.165, 1.54) is 18.7 Å². The summed E-state index contributed by atoms with van der Waals surface area (Å²) in [5, 5.41) is 0. The fourth-order valence-corrected chi connectivity index (χ4v) is 7.09. The van der Waals surface area contributed by atoms with Gasteiger partial charge in [-0.2, -0.15) is 13.2 Å². The molecule has 0 spiro atoms. The van der Waals surface area contributed by atoms with Crippen LogP contribution in [0.1, 0.15) is 80.5 Å². The number of esters is 1. The van der Waals surface area contributed by atoms with Gasteiger partial charge < -0.3 is 19.3 Å². The number of hydrogen-bond donors (Lipinski definition) is 0. The first-order valence-corrected chi connectivity index (χ1v) is 15.0. The monoisotopic (exact) mass is 586 g/mol. The molecule has 0 radical (unpaired) electrons. The highest BCUT2D eigenvalue weighted by atomic mass is 19.4. The van der Waals surface area contributed by atoms with Gasteiger partial charge in [0.15, 0.2) is 6.73 Å². The van der Waals surface area contributed by atoms with Gasteiger partial charge in [-0.25, -0.2) is 0 Å².